The van der Waals surface area contributed by atoms with Crippen LogP contribution in [0.15, 0.2) is 71.0 Å². The number of ether oxygens (including phenoxy) is 1. The molecule has 1 aliphatic carbocycles. The number of nitrogens with one attached hydrogen (secondary N) is 1. The van der Waals surface area contributed by atoms with Crippen molar-refractivity contribution in [2.24, 2.45) is 0 Å². The van der Waals surface area contributed by atoms with Gasteiger partial charge in [0.15, 0.2) is 0 Å². The second kappa shape index (κ2) is 16.0. The topological polar surface area (TPSA) is 99.1 Å². The van der Waals surface area contributed by atoms with Gasteiger partial charge in [0.25, 0.3) is 0 Å². The van der Waals surface area contributed by atoms with Crippen LogP contribution >= 0.6 is 0 Å². The molecule has 0 radical (unpaired) electrons. The highest BCUT2D eigenvalue weighted by molar-refractivity contribution is 6.59. The summed E-state index contributed by atoms with van der Waals surface area (Å²) in [6, 6.07) is 7.23. The van der Waals surface area contributed by atoms with Gasteiger partial charge in [-0.2, -0.15) is 0 Å². The first kappa shape index (κ1) is 30.3. The average molecular weight is 508 g/mol. The normalized spacial score (nSPS) is 16.5. The lowest BCUT2D eigenvalue weighted by atomic mass is 9.77. The molecule has 2 aliphatic rings. The smallest absolute Gasteiger partial charge is 0.450 e. The summed E-state index contributed by atoms with van der Waals surface area (Å²) in [4.78, 5) is 25.7. The minimum absolute atomic E-state index is 0.126. The van der Waals surface area contributed by atoms with Gasteiger partial charge in [-0.15, -0.1) is 0 Å². The van der Waals surface area contributed by atoms with Gasteiger partial charge in [-0.05, 0) is 68.6 Å². The molecule has 1 atom stereocenters. The van der Waals surface area contributed by atoms with Crippen LogP contribution in [-0.2, 0) is 20.9 Å². The van der Waals surface area contributed by atoms with E-state index in [4.69, 9.17) is 14.8 Å². The van der Waals surface area contributed by atoms with Crippen molar-refractivity contribution in [3.8, 4) is 0 Å². The highest BCUT2D eigenvalue weighted by atomic mass is 16.5. The third-order valence-corrected chi connectivity index (χ3v) is 6.52. The van der Waals surface area contributed by atoms with Gasteiger partial charge in [0, 0.05) is 42.9 Å². The molecule has 1 heterocycles. The number of hydrogen-bond acceptors (Lipinski definition) is 7. The Kier molecular flexibility index (Phi) is 13.1. The second-order valence-electron chi connectivity index (χ2n) is 8.96. The highest BCUT2D eigenvalue weighted by Crippen LogP contribution is 2.34. The Labute approximate surface area is 221 Å². The molecule has 3 rings (SSSR count). The van der Waals surface area contributed by atoms with E-state index in [1.54, 1.807) is 12.1 Å². The number of esters is 1. The Morgan fingerprint density at radius 3 is 2.43 bits per heavy atom. The molecule has 0 bridgehead atoms. The molecule has 37 heavy (non-hydrogen) atoms. The molecule has 0 amide bonds. The molecule has 8 heteroatoms. The molecule has 1 aromatic carbocycles. The number of carbonyl (C=O) groups is 2. The Bertz CT molecular complexity index is 1020. The van der Waals surface area contributed by atoms with Gasteiger partial charge < -0.3 is 29.8 Å². The number of unbranched alkanes of at least 4 members (excludes halogenated alkanes) is 2. The summed E-state index contributed by atoms with van der Waals surface area (Å²) in [5.41, 5.74) is 5.14. The second-order valence-corrected chi connectivity index (χ2v) is 8.96. The standard InChI is InChI=1S/C21H29NO3.C8H12BNO2/c1-4-7-8-9-17-18-12-10-16(22(5-2)6-3)11-13-20(18)25-21(24)19(17)14-15-23;1-10-6-7-4-2-3-5-8(7)9(11)12/h10-13,15,20H,4-9,14H2,1-3H3;2-5,10-12H,6H2,1H3. The summed E-state index contributed by atoms with van der Waals surface area (Å²) in [5.74, 6) is -0.350. The van der Waals surface area contributed by atoms with Gasteiger partial charge in [0.05, 0.1) is 0 Å². The first-order chi connectivity index (χ1) is 17.9. The fraction of sp³-hybridized carbons (Fsp3) is 0.448. The van der Waals surface area contributed by atoms with Crippen LogP contribution < -0.4 is 10.8 Å². The van der Waals surface area contributed by atoms with E-state index in [-0.39, 0.29) is 18.5 Å². The zero-order chi connectivity index (χ0) is 27.2. The Morgan fingerprint density at radius 2 is 1.81 bits per heavy atom. The number of benzene rings is 1. The Morgan fingerprint density at radius 1 is 1.08 bits per heavy atom. The highest BCUT2D eigenvalue weighted by Gasteiger charge is 2.31. The van der Waals surface area contributed by atoms with Gasteiger partial charge in [-0.25, -0.2) is 4.79 Å². The first-order valence-corrected chi connectivity index (χ1v) is 13.2. The zero-order valence-corrected chi connectivity index (χ0v) is 22.6. The molecule has 0 fully saturated rings. The van der Waals surface area contributed by atoms with Crippen LogP contribution in [0.3, 0.4) is 0 Å². The summed E-state index contributed by atoms with van der Waals surface area (Å²) in [6.45, 7) is 8.91. The van der Waals surface area contributed by atoms with Crippen molar-refractivity contribution >= 4 is 24.8 Å². The predicted molar refractivity (Wildman–Crippen MR) is 149 cm³/mol. The van der Waals surface area contributed by atoms with Gasteiger partial charge in [0.1, 0.15) is 12.4 Å². The SMILES string of the molecule is CCCCCC1=C(CC=O)C(=O)OC2C=CC(N(CC)CC)=CC=C12.CNCc1ccccc1B(O)O. The molecular weight excluding hydrogens is 467 g/mol. The average Bonchev–Trinajstić information content (AvgIpc) is 3.10. The number of aldehydes is 1. The number of nitrogens with zero attached hydrogens (tertiary/aromatic N) is 1. The monoisotopic (exact) mass is 508 g/mol. The van der Waals surface area contributed by atoms with E-state index in [9.17, 15) is 9.59 Å². The maximum Gasteiger partial charge on any atom is 0.488 e. The van der Waals surface area contributed by atoms with Crippen LogP contribution in [-0.4, -0.2) is 60.6 Å². The Hall–Kier alpha value is -2.94. The zero-order valence-electron chi connectivity index (χ0n) is 22.6. The van der Waals surface area contributed by atoms with E-state index in [0.29, 0.717) is 17.6 Å². The van der Waals surface area contributed by atoms with E-state index in [2.05, 4.69) is 43.1 Å². The summed E-state index contributed by atoms with van der Waals surface area (Å²) in [7, 11) is 0.440. The maximum absolute atomic E-state index is 12.4. The van der Waals surface area contributed by atoms with Crippen LogP contribution in [0.5, 0.6) is 0 Å². The van der Waals surface area contributed by atoms with Crippen LogP contribution in [0.25, 0.3) is 0 Å². The quantitative estimate of drug-likeness (QED) is 0.173. The molecule has 3 N–H and O–H groups in total. The van der Waals surface area contributed by atoms with Crippen molar-refractivity contribution in [2.75, 3.05) is 20.1 Å². The number of fused-ring (bicyclic) bond motifs is 1. The van der Waals surface area contributed by atoms with Crippen LogP contribution in [0.1, 0.15) is 58.4 Å². The van der Waals surface area contributed by atoms with Crippen molar-refractivity contribution in [1.82, 2.24) is 10.2 Å². The van der Waals surface area contributed by atoms with E-state index in [1.807, 2.05) is 31.3 Å². The summed E-state index contributed by atoms with van der Waals surface area (Å²) < 4.78 is 5.60. The fourth-order valence-electron chi connectivity index (χ4n) is 4.55. The summed E-state index contributed by atoms with van der Waals surface area (Å²) >= 11 is 0. The number of hydrogen-bond donors (Lipinski definition) is 3. The summed E-state index contributed by atoms with van der Waals surface area (Å²) in [6.07, 6.45) is 12.8. The largest absolute Gasteiger partial charge is 0.488 e. The van der Waals surface area contributed by atoms with Crippen LogP contribution in [0.4, 0.5) is 0 Å². The molecule has 1 unspecified atom stereocenters. The van der Waals surface area contributed by atoms with Gasteiger partial charge in [-0.1, -0.05) is 50.1 Å². The van der Waals surface area contributed by atoms with Crippen molar-refractivity contribution in [3.05, 3.63) is 76.5 Å². The summed E-state index contributed by atoms with van der Waals surface area (Å²) in [5, 5.41) is 20.9. The lowest BCUT2D eigenvalue weighted by molar-refractivity contribution is -0.142. The molecule has 0 saturated carbocycles. The van der Waals surface area contributed by atoms with Crippen molar-refractivity contribution in [3.63, 3.8) is 0 Å². The molecular formula is C29H41BN2O5. The molecule has 200 valence electrons. The van der Waals surface area contributed by atoms with Crippen LogP contribution in [0, 0.1) is 0 Å². The van der Waals surface area contributed by atoms with Crippen molar-refractivity contribution in [2.45, 2.75) is 65.5 Å². The van der Waals surface area contributed by atoms with Gasteiger partial charge in [0.2, 0.25) is 0 Å². The molecule has 0 spiro atoms. The number of likely N-dealkylation sites (N-methyl/N-ethyl adjacent to an activating group) is 1. The lowest BCUT2D eigenvalue weighted by Crippen LogP contribution is -2.34. The molecule has 7 nitrogen and oxygen atoms in total. The minimum atomic E-state index is -1.38. The first-order valence-electron chi connectivity index (χ1n) is 13.2. The third kappa shape index (κ3) is 8.56. The van der Waals surface area contributed by atoms with Crippen LogP contribution in [0.2, 0.25) is 0 Å². The number of allylic oxidation sites excluding steroid dienone is 3. The lowest BCUT2D eigenvalue weighted by Gasteiger charge is -2.27. The molecule has 1 aliphatic heterocycles. The van der Waals surface area contributed by atoms with Gasteiger partial charge in [-0.3, -0.25) is 0 Å². The molecule has 0 saturated heterocycles. The van der Waals surface area contributed by atoms with Crippen molar-refractivity contribution < 1.29 is 24.4 Å². The van der Waals surface area contributed by atoms with E-state index < -0.39 is 7.12 Å². The minimum Gasteiger partial charge on any atom is -0.450 e. The maximum atomic E-state index is 12.4. The predicted octanol–water partition coefficient (Wildman–Crippen LogP) is 3.19. The molecule has 1 aromatic rings. The Balaban J connectivity index is 0.000000335. The van der Waals surface area contributed by atoms with E-state index in [0.717, 1.165) is 67.5 Å². The van der Waals surface area contributed by atoms with E-state index in [1.165, 1.54) is 0 Å². The number of rotatable bonds is 12. The third-order valence-electron chi connectivity index (χ3n) is 6.52. The van der Waals surface area contributed by atoms with Gasteiger partial charge >= 0.3 is 13.1 Å². The fourth-order valence-corrected chi connectivity index (χ4v) is 4.55. The van der Waals surface area contributed by atoms with E-state index >= 15 is 0 Å². The van der Waals surface area contributed by atoms with Crippen molar-refractivity contribution in [1.29, 1.82) is 0 Å². The number of carbonyl (C=O) groups excluding carboxylic acids is 2. The molecule has 0 aromatic heterocycles.